The van der Waals surface area contributed by atoms with E-state index in [0.29, 0.717) is 0 Å². The lowest BCUT2D eigenvalue weighted by molar-refractivity contribution is 0.0600. The Bertz CT molecular complexity index is 925. The maximum atomic E-state index is 13.4. The number of nitrogens with one attached hydrogen (secondary N) is 1. The number of nitrogens with zero attached hydrogens (tertiary/aromatic N) is 1. The van der Waals surface area contributed by atoms with Crippen LogP contribution in [0.4, 0.5) is 5.69 Å². The van der Waals surface area contributed by atoms with E-state index < -0.39 is 0 Å². The number of aryl methyl sites for hydroxylation is 1. The van der Waals surface area contributed by atoms with Crippen molar-refractivity contribution in [2.45, 2.75) is 32.5 Å². The Morgan fingerprint density at radius 1 is 1.08 bits per heavy atom. The second kappa shape index (κ2) is 6.96. The molecule has 1 N–H and O–H groups in total. The van der Waals surface area contributed by atoms with Gasteiger partial charge in [-0.25, -0.2) is 0 Å². The molecule has 3 nitrogen and oxygen atoms in total. The SMILES string of the molecule is CCc1ccc(C2Nc3ccccc3C(=O)N2[C@@H](C)c2ccccc2)s1.[HH]. The molecule has 4 rings (SSSR count). The van der Waals surface area contributed by atoms with Gasteiger partial charge in [0.15, 0.2) is 0 Å². The number of rotatable bonds is 4. The predicted octanol–water partition coefficient (Wildman–Crippen LogP) is 5.88. The number of carbonyl (C=O) groups is 1. The summed E-state index contributed by atoms with van der Waals surface area (Å²) in [5.74, 6) is 0.0761. The number of anilines is 1. The van der Waals surface area contributed by atoms with E-state index in [2.05, 4.69) is 43.4 Å². The first-order valence-corrected chi connectivity index (χ1v) is 9.82. The molecule has 3 aromatic rings. The minimum absolute atomic E-state index is 0. The molecular weight excluding hydrogens is 340 g/mol. The molecule has 0 aliphatic carbocycles. The zero-order valence-electron chi connectivity index (χ0n) is 15.0. The zero-order valence-corrected chi connectivity index (χ0v) is 15.8. The summed E-state index contributed by atoms with van der Waals surface area (Å²) in [6.07, 6.45) is 0.855. The molecule has 0 radical (unpaired) electrons. The van der Waals surface area contributed by atoms with Gasteiger partial charge in [0, 0.05) is 16.9 Å². The lowest BCUT2D eigenvalue weighted by atomic mass is 10.0. The third-order valence-corrected chi connectivity index (χ3v) is 6.24. The molecule has 4 heteroatoms. The van der Waals surface area contributed by atoms with Crippen molar-refractivity contribution in [3.05, 3.63) is 87.6 Å². The van der Waals surface area contributed by atoms with E-state index in [1.54, 1.807) is 11.3 Å². The second-order valence-corrected chi connectivity index (χ2v) is 7.75. The van der Waals surface area contributed by atoms with Crippen LogP contribution in [0.3, 0.4) is 0 Å². The summed E-state index contributed by atoms with van der Waals surface area (Å²) < 4.78 is 0. The third kappa shape index (κ3) is 2.90. The fraction of sp³-hybridized carbons (Fsp3) is 0.227. The van der Waals surface area contributed by atoms with E-state index >= 15 is 0 Å². The monoisotopic (exact) mass is 364 g/mol. The van der Waals surface area contributed by atoms with E-state index in [1.165, 1.54) is 9.75 Å². The molecule has 2 aromatic carbocycles. The average Bonchev–Trinajstić information content (AvgIpc) is 3.17. The van der Waals surface area contributed by atoms with E-state index in [0.717, 1.165) is 23.2 Å². The highest BCUT2D eigenvalue weighted by molar-refractivity contribution is 7.12. The molecule has 0 saturated carbocycles. The second-order valence-electron chi connectivity index (χ2n) is 6.55. The topological polar surface area (TPSA) is 32.3 Å². The number of carbonyl (C=O) groups excluding carboxylic acids is 1. The predicted molar refractivity (Wildman–Crippen MR) is 110 cm³/mol. The number of amides is 1. The summed E-state index contributed by atoms with van der Waals surface area (Å²) in [5.41, 5.74) is 2.78. The summed E-state index contributed by atoms with van der Waals surface area (Å²) in [6.45, 7) is 4.26. The summed E-state index contributed by atoms with van der Waals surface area (Å²) >= 11 is 1.78. The first-order valence-electron chi connectivity index (χ1n) is 9.01. The van der Waals surface area contributed by atoms with Crippen LogP contribution in [0.25, 0.3) is 0 Å². The molecule has 1 aliphatic heterocycles. The molecule has 2 atom stereocenters. The molecule has 0 bridgehead atoms. The van der Waals surface area contributed by atoms with Gasteiger partial charge in [-0.15, -0.1) is 11.3 Å². The van der Waals surface area contributed by atoms with Crippen molar-refractivity contribution in [3.8, 4) is 0 Å². The van der Waals surface area contributed by atoms with Gasteiger partial charge < -0.3 is 10.2 Å². The fourth-order valence-corrected chi connectivity index (χ4v) is 4.50. The molecule has 1 aromatic heterocycles. The maximum absolute atomic E-state index is 13.4. The van der Waals surface area contributed by atoms with Crippen LogP contribution in [-0.2, 0) is 6.42 Å². The quantitative estimate of drug-likeness (QED) is 0.626. The first-order chi connectivity index (χ1) is 12.7. The number of hydrogen-bond donors (Lipinski definition) is 1. The molecule has 0 fully saturated rings. The fourth-order valence-electron chi connectivity index (χ4n) is 3.50. The largest absolute Gasteiger partial charge is 0.360 e. The maximum Gasteiger partial charge on any atom is 0.258 e. The highest BCUT2D eigenvalue weighted by atomic mass is 32.1. The van der Waals surface area contributed by atoms with Crippen LogP contribution in [-0.4, -0.2) is 10.8 Å². The van der Waals surface area contributed by atoms with Crippen LogP contribution >= 0.6 is 11.3 Å². The van der Waals surface area contributed by atoms with Crippen LogP contribution in [0, 0.1) is 0 Å². The van der Waals surface area contributed by atoms with Crippen molar-refractivity contribution in [2.75, 3.05) is 5.32 Å². The zero-order chi connectivity index (χ0) is 18.1. The number of thiophene rings is 1. The van der Waals surface area contributed by atoms with E-state index in [9.17, 15) is 4.79 Å². The Hall–Kier alpha value is -2.59. The first kappa shape index (κ1) is 16.9. The number of hydrogen-bond acceptors (Lipinski definition) is 3. The van der Waals surface area contributed by atoms with Gasteiger partial charge in [-0.2, -0.15) is 0 Å². The van der Waals surface area contributed by atoms with Crippen LogP contribution in [0.5, 0.6) is 0 Å². The van der Waals surface area contributed by atoms with Crippen LogP contribution in [0.1, 0.15) is 53.2 Å². The Kier molecular flexibility index (Phi) is 4.51. The average molecular weight is 365 g/mol. The van der Waals surface area contributed by atoms with Gasteiger partial charge in [0.05, 0.1) is 11.6 Å². The molecule has 0 saturated heterocycles. The molecule has 26 heavy (non-hydrogen) atoms. The van der Waals surface area contributed by atoms with Crippen molar-refractivity contribution in [3.63, 3.8) is 0 Å². The van der Waals surface area contributed by atoms with E-state index in [1.807, 2.05) is 47.4 Å². The number of para-hydroxylation sites is 1. The smallest absolute Gasteiger partial charge is 0.258 e. The summed E-state index contributed by atoms with van der Waals surface area (Å²) in [6, 6.07) is 22.3. The standard InChI is InChI=1S/C22H22N2OS.H2/c1-3-17-13-14-20(26-17)21-23-19-12-8-7-11-18(19)22(25)24(21)15(2)16-9-5-4-6-10-16;/h4-15,21,23H,3H2,1-2H3;1H/t15-,21?;/m0./s1. The van der Waals surface area contributed by atoms with Gasteiger partial charge in [0.1, 0.15) is 6.17 Å². The van der Waals surface area contributed by atoms with Gasteiger partial charge >= 0.3 is 0 Å². The molecule has 134 valence electrons. The van der Waals surface area contributed by atoms with Crippen molar-refractivity contribution in [1.82, 2.24) is 4.90 Å². The number of fused-ring (bicyclic) bond motifs is 1. The van der Waals surface area contributed by atoms with Crippen LogP contribution in [0.15, 0.2) is 66.7 Å². The summed E-state index contributed by atoms with van der Waals surface area (Å²) in [5, 5.41) is 3.60. The highest BCUT2D eigenvalue weighted by Crippen LogP contribution is 2.40. The Morgan fingerprint density at radius 2 is 1.81 bits per heavy atom. The van der Waals surface area contributed by atoms with Gasteiger partial charge in [-0.1, -0.05) is 49.4 Å². The molecule has 1 amide bonds. The minimum Gasteiger partial charge on any atom is -0.360 e. The van der Waals surface area contributed by atoms with Gasteiger partial charge in [0.25, 0.3) is 5.91 Å². The van der Waals surface area contributed by atoms with E-state index in [4.69, 9.17) is 0 Å². The van der Waals surface area contributed by atoms with Crippen molar-refractivity contribution >= 4 is 22.9 Å². The molecular formula is C22H24N2OS. The molecule has 1 unspecified atom stereocenters. The van der Waals surface area contributed by atoms with Crippen molar-refractivity contribution in [1.29, 1.82) is 0 Å². The molecule has 2 heterocycles. The molecule has 1 aliphatic rings. The lowest BCUT2D eigenvalue weighted by Crippen LogP contribution is -2.44. The normalized spacial score (nSPS) is 17.5. The third-order valence-electron chi connectivity index (χ3n) is 4.96. The Morgan fingerprint density at radius 3 is 2.54 bits per heavy atom. The van der Waals surface area contributed by atoms with Crippen LogP contribution in [0.2, 0.25) is 0 Å². The van der Waals surface area contributed by atoms with E-state index in [-0.39, 0.29) is 19.5 Å². The van der Waals surface area contributed by atoms with Crippen LogP contribution < -0.4 is 5.32 Å². The summed E-state index contributed by atoms with van der Waals surface area (Å²) in [4.78, 5) is 17.9. The number of benzene rings is 2. The minimum atomic E-state index is -0.155. The Balaban J connectivity index is 0.00000210. The van der Waals surface area contributed by atoms with Gasteiger partial charge in [0.2, 0.25) is 0 Å². The Labute approximate surface area is 159 Å². The molecule has 0 spiro atoms. The van der Waals surface area contributed by atoms with Gasteiger partial charge in [-0.05, 0) is 43.2 Å². The van der Waals surface area contributed by atoms with Crippen molar-refractivity contribution < 1.29 is 6.22 Å². The highest BCUT2D eigenvalue weighted by Gasteiger charge is 2.36. The van der Waals surface area contributed by atoms with Crippen molar-refractivity contribution in [2.24, 2.45) is 0 Å². The van der Waals surface area contributed by atoms with Gasteiger partial charge in [-0.3, -0.25) is 4.79 Å². The lowest BCUT2D eigenvalue weighted by Gasteiger charge is -2.41. The summed E-state index contributed by atoms with van der Waals surface area (Å²) in [7, 11) is 0.